The fourth-order valence-corrected chi connectivity index (χ4v) is 1.73. The Morgan fingerprint density at radius 1 is 1.47 bits per heavy atom. The number of aliphatic carboxylic acids is 1. The standard InChI is InChI=1S/C11H19NO3/c1-4-11(2,3)10(15)12-6-5-8(7-12)9(13)14/h8H,4-7H2,1-3H3,(H,13,14). The van der Waals surface area contributed by atoms with Gasteiger partial charge in [0, 0.05) is 18.5 Å². The molecule has 1 atom stereocenters. The highest BCUT2D eigenvalue weighted by atomic mass is 16.4. The molecule has 1 unspecified atom stereocenters. The van der Waals surface area contributed by atoms with Crippen molar-refractivity contribution >= 4 is 11.9 Å². The Bertz CT molecular complexity index is 273. The van der Waals surface area contributed by atoms with Crippen LogP contribution in [0.5, 0.6) is 0 Å². The lowest BCUT2D eigenvalue weighted by molar-refractivity contribution is -0.142. The van der Waals surface area contributed by atoms with Gasteiger partial charge >= 0.3 is 5.97 Å². The van der Waals surface area contributed by atoms with E-state index in [4.69, 9.17) is 5.11 Å². The monoisotopic (exact) mass is 213 g/mol. The summed E-state index contributed by atoms with van der Waals surface area (Å²) in [4.78, 5) is 24.4. The number of likely N-dealkylation sites (tertiary alicyclic amines) is 1. The van der Waals surface area contributed by atoms with Crippen molar-refractivity contribution in [1.29, 1.82) is 0 Å². The minimum atomic E-state index is -0.792. The van der Waals surface area contributed by atoms with Crippen molar-refractivity contribution in [3.63, 3.8) is 0 Å². The van der Waals surface area contributed by atoms with Gasteiger partial charge in [0.05, 0.1) is 5.92 Å². The van der Waals surface area contributed by atoms with Gasteiger partial charge in [-0.05, 0) is 12.8 Å². The first kappa shape index (κ1) is 12.0. The predicted octanol–water partition coefficient (Wildman–Crippen LogP) is 1.36. The van der Waals surface area contributed by atoms with Crippen LogP contribution in [0, 0.1) is 11.3 Å². The highest BCUT2D eigenvalue weighted by Crippen LogP contribution is 2.27. The molecule has 0 saturated carbocycles. The summed E-state index contributed by atoms with van der Waals surface area (Å²) in [6.07, 6.45) is 1.36. The third-order valence-electron chi connectivity index (χ3n) is 3.29. The van der Waals surface area contributed by atoms with E-state index in [9.17, 15) is 9.59 Å². The van der Waals surface area contributed by atoms with Crippen LogP contribution < -0.4 is 0 Å². The van der Waals surface area contributed by atoms with Crippen molar-refractivity contribution in [2.75, 3.05) is 13.1 Å². The molecular formula is C11H19NO3. The number of hydrogen-bond donors (Lipinski definition) is 1. The van der Waals surface area contributed by atoms with Crippen molar-refractivity contribution in [1.82, 2.24) is 4.90 Å². The van der Waals surface area contributed by atoms with Crippen LogP contribution in [0.25, 0.3) is 0 Å². The van der Waals surface area contributed by atoms with Gasteiger partial charge in [-0.2, -0.15) is 0 Å². The van der Waals surface area contributed by atoms with Gasteiger partial charge in [0.25, 0.3) is 0 Å². The van der Waals surface area contributed by atoms with Gasteiger partial charge in [0.2, 0.25) is 5.91 Å². The van der Waals surface area contributed by atoms with Crippen LogP contribution in [0.2, 0.25) is 0 Å². The molecule has 0 spiro atoms. The first-order valence-corrected chi connectivity index (χ1v) is 5.40. The largest absolute Gasteiger partial charge is 0.481 e. The molecule has 0 aromatic heterocycles. The van der Waals surface area contributed by atoms with Crippen molar-refractivity contribution in [2.24, 2.45) is 11.3 Å². The average Bonchev–Trinajstić information content (AvgIpc) is 2.65. The molecule has 0 bridgehead atoms. The molecular weight excluding hydrogens is 194 g/mol. The van der Waals surface area contributed by atoms with Crippen LogP contribution >= 0.6 is 0 Å². The number of carbonyl (C=O) groups excluding carboxylic acids is 1. The fraction of sp³-hybridized carbons (Fsp3) is 0.818. The molecule has 4 heteroatoms. The number of nitrogens with zero attached hydrogens (tertiary/aromatic N) is 1. The summed E-state index contributed by atoms with van der Waals surface area (Å²) in [5, 5.41) is 8.83. The van der Waals surface area contributed by atoms with Gasteiger partial charge < -0.3 is 10.0 Å². The lowest BCUT2D eigenvalue weighted by atomic mass is 9.88. The molecule has 1 heterocycles. The minimum Gasteiger partial charge on any atom is -0.481 e. The van der Waals surface area contributed by atoms with E-state index < -0.39 is 5.97 Å². The minimum absolute atomic E-state index is 0.0775. The first-order chi connectivity index (χ1) is 6.88. The van der Waals surface area contributed by atoms with Gasteiger partial charge in [-0.15, -0.1) is 0 Å². The maximum absolute atomic E-state index is 12.0. The summed E-state index contributed by atoms with van der Waals surface area (Å²) in [5.74, 6) is -1.09. The molecule has 1 fully saturated rings. The number of carboxylic acids is 1. The van der Waals surface area contributed by atoms with Crippen LogP contribution in [-0.4, -0.2) is 35.0 Å². The SMILES string of the molecule is CCC(C)(C)C(=O)N1CCC(C(=O)O)C1. The predicted molar refractivity (Wildman–Crippen MR) is 56.4 cm³/mol. The molecule has 0 aliphatic carbocycles. The number of rotatable bonds is 3. The van der Waals surface area contributed by atoms with Crippen molar-refractivity contribution in [2.45, 2.75) is 33.6 Å². The normalized spacial score (nSPS) is 21.8. The van der Waals surface area contributed by atoms with Crippen molar-refractivity contribution < 1.29 is 14.7 Å². The second kappa shape index (κ2) is 4.21. The molecule has 1 saturated heterocycles. The molecule has 1 amide bonds. The summed E-state index contributed by atoms with van der Waals surface area (Å²) in [7, 11) is 0. The number of carbonyl (C=O) groups is 2. The quantitative estimate of drug-likeness (QED) is 0.770. The fourth-order valence-electron chi connectivity index (χ4n) is 1.73. The zero-order valence-electron chi connectivity index (χ0n) is 9.62. The summed E-state index contributed by atoms with van der Waals surface area (Å²) in [6.45, 7) is 6.74. The van der Waals surface area contributed by atoms with Gasteiger partial charge in [-0.1, -0.05) is 20.8 Å². The second-order valence-electron chi connectivity index (χ2n) is 4.81. The molecule has 0 aromatic carbocycles. The highest BCUT2D eigenvalue weighted by molar-refractivity contribution is 5.83. The van der Waals surface area contributed by atoms with Crippen molar-refractivity contribution in [3.8, 4) is 0 Å². The highest BCUT2D eigenvalue weighted by Gasteiger charge is 2.36. The van der Waals surface area contributed by atoms with Crippen LogP contribution in [0.15, 0.2) is 0 Å². The Hall–Kier alpha value is -1.06. The van der Waals surface area contributed by atoms with E-state index in [1.165, 1.54) is 0 Å². The van der Waals surface area contributed by atoms with E-state index in [1.807, 2.05) is 20.8 Å². The Morgan fingerprint density at radius 2 is 2.07 bits per heavy atom. The van der Waals surface area contributed by atoms with E-state index in [1.54, 1.807) is 4.90 Å². The van der Waals surface area contributed by atoms with E-state index in [0.29, 0.717) is 19.5 Å². The zero-order valence-corrected chi connectivity index (χ0v) is 9.62. The van der Waals surface area contributed by atoms with Gasteiger partial charge in [0.1, 0.15) is 0 Å². The van der Waals surface area contributed by atoms with Gasteiger partial charge in [-0.25, -0.2) is 0 Å². The van der Waals surface area contributed by atoms with E-state index in [0.717, 1.165) is 6.42 Å². The molecule has 4 nitrogen and oxygen atoms in total. The van der Waals surface area contributed by atoms with Crippen LogP contribution in [0.1, 0.15) is 33.6 Å². The third-order valence-corrected chi connectivity index (χ3v) is 3.29. The Balaban J connectivity index is 2.61. The Labute approximate surface area is 90.3 Å². The van der Waals surface area contributed by atoms with E-state index in [-0.39, 0.29) is 17.2 Å². The molecule has 86 valence electrons. The van der Waals surface area contributed by atoms with Crippen LogP contribution in [0.3, 0.4) is 0 Å². The third kappa shape index (κ3) is 2.49. The summed E-state index contributed by atoms with van der Waals surface area (Å²) in [6, 6.07) is 0. The average molecular weight is 213 g/mol. The lowest BCUT2D eigenvalue weighted by Crippen LogP contribution is -2.39. The topological polar surface area (TPSA) is 57.6 Å². The molecule has 1 aliphatic rings. The number of carboxylic acid groups (broad SMARTS) is 1. The van der Waals surface area contributed by atoms with Crippen molar-refractivity contribution in [3.05, 3.63) is 0 Å². The lowest BCUT2D eigenvalue weighted by Gasteiger charge is -2.27. The van der Waals surface area contributed by atoms with Crippen LogP contribution in [0.4, 0.5) is 0 Å². The molecule has 0 aromatic rings. The molecule has 15 heavy (non-hydrogen) atoms. The Morgan fingerprint density at radius 3 is 2.47 bits per heavy atom. The molecule has 1 aliphatic heterocycles. The summed E-state index contributed by atoms with van der Waals surface area (Å²) in [5.41, 5.74) is -0.368. The first-order valence-electron chi connectivity index (χ1n) is 5.40. The zero-order chi connectivity index (χ0) is 11.6. The second-order valence-corrected chi connectivity index (χ2v) is 4.81. The summed E-state index contributed by atoms with van der Waals surface area (Å²) >= 11 is 0. The number of amides is 1. The maximum atomic E-state index is 12.0. The molecule has 1 N–H and O–H groups in total. The Kier molecular flexibility index (Phi) is 3.37. The van der Waals surface area contributed by atoms with E-state index >= 15 is 0 Å². The van der Waals surface area contributed by atoms with Gasteiger partial charge in [-0.3, -0.25) is 9.59 Å². The maximum Gasteiger partial charge on any atom is 0.308 e. The molecule has 1 rings (SSSR count). The van der Waals surface area contributed by atoms with Gasteiger partial charge in [0.15, 0.2) is 0 Å². The summed E-state index contributed by atoms with van der Waals surface area (Å²) < 4.78 is 0. The number of hydrogen-bond acceptors (Lipinski definition) is 2. The smallest absolute Gasteiger partial charge is 0.308 e. The van der Waals surface area contributed by atoms with Crippen LogP contribution in [-0.2, 0) is 9.59 Å². The van der Waals surface area contributed by atoms with E-state index in [2.05, 4.69) is 0 Å². The molecule has 0 radical (unpaired) electrons.